The monoisotopic (exact) mass is 353 g/mol. The first-order chi connectivity index (χ1) is 12.3. The van der Waals surface area contributed by atoms with Crippen LogP contribution in [-0.4, -0.2) is 25.1 Å². The predicted octanol–water partition coefficient (Wildman–Crippen LogP) is 2.58. The van der Waals surface area contributed by atoms with Gasteiger partial charge >= 0.3 is 0 Å². The first-order valence-electron chi connectivity index (χ1n) is 8.61. The minimum atomic E-state index is -0.240. The summed E-state index contributed by atoms with van der Waals surface area (Å²) in [6.07, 6.45) is 0. The molecule has 136 valence electrons. The summed E-state index contributed by atoms with van der Waals surface area (Å²) in [6.45, 7) is 9.72. The fraction of sp³-hybridized carbons (Fsp3) is 0.368. The average Bonchev–Trinajstić information content (AvgIpc) is 2.96. The second-order valence-corrected chi connectivity index (χ2v) is 6.81. The summed E-state index contributed by atoms with van der Waals surface area (Å²) < 4.78 is 3.00. The van der Waals surface area contributed by atoms with E-state index in [0.29, 0.717) is 11.6 Å². The van der Waals surface area contributed by atoms with Gasteiger partial charge in [-0.3, -0.25) is 9.59 Å². The van der Waals surface area contributed by atoms with Gasteiger partial charge in [0.25, 0.3) is 5.56 Å². The Balaban J connectivity index is 2.01. The smallest absolute Gasteiger partial charge is 0.275 e. The summed E-state index contributed by atoms with van der Waals surface area (Å²) in [5.41, 5.74) is 3.45. The lowest BCUT2D eigenvalue weighted by atomic mass is 10.1. The maximum Gasteiger partial charge on any atom is 0.275 e. The van der Waals surface area contributed by atoms with Gasteiger partial charge in [0.2, 0.25) is 11.7 Å². The summed E-state index contributed by atoms with van der Waals surface area (Å²) >= 11 is 0. The molecule has 0 atom stereocenters. The van der Waals surface area contributed by atoms with Crippen molar-refractivity contribution in [1.82, 2.24) is 19.2 Å². The number of fused-ring (bicyclic) bond motifs is 1. The number of aryl methyl sites for hydroxylation is 2. The molecule has 0 aliphatic rings. The lowest BCUT2D eigenvalue weighted by Gasteiger charge is -2.17. The van der Waals surface area contributed by atoms with Crippen molar-refractivity contribution < 1.29 is 4.79 Å². The second kappa shape index (κ2) is 6.74. The van der Waals surface area contributed by atoms with Crippen LogP contribution < -0.4 is 10.9 Å². The van der Waals surface area contributed by atoms with Gasteiger partial charge in [0.15, 0.2) is 0 Å². The molecule has 7 nitrogen and oxygen atoms in total. The highest BCUT2D eigenvalue weighted by Gasteiger charge is 2.17. The van der Waals surface area contributed by atoms with Gasteiger partial charge in [-0.15, -0.1) is 5.10 Å². The van der Waals surface area contributed by atoms with Gasteiger partial charge in [0, 0.05) is 17.4 Å². The van der Waals surface area contributed by atoms with Gasteiger partial charge in [-0.1, -0.05) is 26.0 Å². The summed E-state index contributed by atoms with van der Waals surface area (Å²) in [5, 5.41) is 7.09. The fourth-order valence-corrected chi connectivity index (χ4v) is 2.97. The Morgan fingerprint density at radius 1 is 1.23 bits per heavy atom. The van der Waals surface area contributed by atoms with Gasteiger partial charge in [-0.2, -0.15) is 9.50 Å². The predicted molar refractivity (Wildman–Crippen MR) is 101 cm³/mol. The highest BCUT2D eigenvalue weighted by atomic mass is 16.2. The Hall–Kier alpha value is -2.96. The van der Waals surface area contributed by atoms with Crippen molar-refractivity contribution in [2.24, 2.45) is 0 Å². The van der Waals surface area contributed by atoms with Crippen LogP contribution in [0.5, 0.6) is 0 Å². The minimum absolute atomic E-state index is 0.0583. The standard InChI is InChI=1S/C19H23N5O2/c1-11(2)16-9-18(26)24-19(20-14(5)22-24)23(16)10-17(25)21-15-8-6-7-12(3)13(15)4/h6-9,11H,10H2,1-5H3,(H,21,25). The topological polar surface area (TPSA) is 81.3 Å². The van der Waals surface area contributed by atoms with Crippen LogP contribution in [0.15, 0.2) is 29.1 Å². The zero-order chi connectivity index (χ0) is 19.0. The van der Waals surface area contributed by atoms with E-state index in [-0.39, 0.29) is 23.9 Å². The highest BCUT2D eigenvalue weighted by molar-refractivity contribution is 5.91. The molecule has 3 rings (SSSR count). The second-order valence-electron chi connectivity index (χ2n) is 6.81. The third-order valence-corrected chi connectivity index (χ3v) is 4.50. The zero-order valence-corrected chi connectivity index (χ0v) is 15.7. The molecule has 26 heavy (non-hydrogen) atoms. The van der Waals surface area contributed by atoms with Gasteiger partial charge in [0.1, 0.15) is 12.4 Å². The van der Waals surface area contributed by atoms with Gasteiger partial charge in [0.05, 0.1) is 0 Å². The number of benzene rings is 1. The van der Waals surface area contributed by atoms with Gasteiger partial charge in [-0.05, 0) is 43.9 Å². The minimum Gasteiger partial charge on any atom is -0.324 e. The van der Waals surface area contributed by atoms with Crippen LogP contribution in [0.4, 0.5) is 5.69 Å². The van der Waals surface area contributed by atoms with Crippen LogP contribution in [0.3, 0.4) is 0 Å². The largest absolute Gasteiger partial charge is 0.324 e. The van der Waals surface area contributed by atoms with Crippen molar-refractivity contribution in [1.29, 1.82) is 0 Å². The molecule has 0 saturated carbocycles. The Labute approximate surface area is 151 Å². The number of nitrogens with one attached hydrogen (secondary N) is 1. The van der Waals surface area contributed by atoms with Crippen molar-refractivity contribution >= 4 is 17.4 Å². The molecule has 0 saturated heterocycles. The van der Waals surface area contributed by atoms with Gasteiger partial charge in [-0.25, -0.2) is 0 Å². The van der Waals surface area contributed by atoms with Crippen molar-refractivity contribution in [2.45, 2.75) is 47.1 Å². The van der Waals surface area contributed by atoms with Crippen molar-refractivity contribution in [3.8, 4) is 0 Å². The first-order valence-corrected chi connectivity index (χ1v) is 8.61. The van der Waals surface area contributed by atoms with Crippen LogP contribution in [0.25, 0.3) is 5.78 Å². The molecule has 0 spiro atoms. The molecule has 0 fully saturated rings. The van der Waals surface area contributed by atoms with Crippen LogP contribution in [0.1, 0.15) is 42.4 Å². The molecule has 0 aliphatic carbocycles. The molecule has 3 aromatic rings. The Morgan fingerprint density at radius 3 is 2.65 bits per heavy atom. The number of amides is 1. The lowest BCUT2D eigenvalue weighted by Crippen LogP contribution is -2.27. The molecule has 2 heterocycles. The van der Waals surface area contributed by atoms with E-state index in [1.807, 2.05) is 45.9 Å². The van der Waals surface area contributed by atoms with Gasteiger partial charge < -0.3 is 9.88 Å². The molecule has 0 bridgehead atoms. The zero-order valence-electron chi connectivity index (χ0n) is 15.7. The number of aromatic nitrogens is 4. The maximum atomic E-state index is 12.7. The number of rotatable bonds is 4. The summed E-state index contributed by atoms with van der Waals surface area (Å²) in [6, 6.07) is 7.33. The normalized spacial score (nSPS) is 11.3. The van der Waals surface area contributed by atoms with E-state index in [1.54, 1.807) is 11.5 Å². The summed E-state index contributed by atoms with van der Waals surface area (Å²) in [4.78, 5) is 29.3. The molecule has 1 N–H and O–H groups in total. The number of hydrogen-bond donors (Lipinski definition) is 1. The van der Waals surface area contributed by atoms with E-state index >= 15 is 0 Å². The maximum absolute atomic E-state index is 12.7. The summed E-state index contributed by atoms with van der Waals surface area (Å²) in [5.74, 6) is 0.770. The van der Waals surface area contributed by atoms with E-state index < -0.39 is 0 Å². The quantitative estimate of drug-likeness (QED) is 0.782. The van der Waals surface area contributed by atoms with E-state index in [9.17, 15) is 9.59 Å². The van der Waals surface area contributed by atoms with Crippen LogP contribution in [0.2, 0.25) is 0 Å². The third kappa shape index (κ3) is 3.24. The summed E-state index contributed by atoms with van der Waals surface area (Å²) in [7, 11) is 0. The van der Waals surface area contributed by atoms with E-state index in [4.69, 9.17) is 0 Å². The molecule has 2 aromatic heterocycles. The Bertz CT molecular complexity index is 1050. The molecule has 0 unspecified atom stereocenters. The average molecular weight is 353 g/mol. The molecule has 1 amide bonds. The molecule has 0 radical (unpaired) electrons. The Kier molecular flexibility index (Phi) is 4.63. The van der Waals surface area contributed by atoms with E-state index in [0.717, 1.165) is 22.5 Å². The SMILES string of the molecule is Cc1nc2n(CC(=O)Nc3cccc(C)c3C)c(C(C)C)cc(=O)n2n1. The number of anilines is 1. The van der Waals surface area contributed by atoms with Crippen molar-refractivity contribution in [2.75, 3.05) is 5.32 Å². The third-order valence-electron chi connectivity index (χ3n) is 4.50. The number of carbonyl (C=O) groups excluding carboxylic acids is 1. The van der Waals surface area contributed by atoms with E-state index in [1.165, 1.54) is 10.6 Å². The molecule has 0 aliphatic heterocycles. The molecular weight excluding hydrogens is 330 g/mol. The number of carbonyl (C=O) groups is 1. The van der Waals surface area contributed by atoms with Crippen LogP contribution in [0, 0.1) is 20.8 Å². The fourth-order valence-electron chi connectivity index (χ4n) is 2.97. The molecule has 7 heteroatoms. The number of nitrogens with zero attached hydrogens (tertiary/aromatic N) is 4. The van der Waals surface area contributed by atoms with Crippen LogP contribution >= 0.6 is 0 Å². The van der Waals surface area contributed by atoms with Crippen molar-refractivity contribution in [3.05, 3.63) is 57.3 Å². The Morgan fingerprint density at radius 2 is 1.96 bits per heavy atom. The van der Waals surface area contributed by atoms with Crippen LogP contribution in [-0.2, 0) is 11.3 Å². The number of hydrogen-bond acceptors (Lipinski definition) is 4. The molecule has 1 aromatic carbocycles. The highest BCUT2D eigenvalue weighted by Crippen LogP contribution is 2.19. The van der Waals surface area contributed by atoms with E-state index in [2.05, 4.69) is 15.4 Å². The lowest BCUT2D eigenvalue weighted by molar-refractivity contribution is -0.116. The molecular formula is C19H23N5O2. The van der Waals surface area contributed by atoms with Crippen molar-refractivity contribution in [3.63, 3.8) is 0 Å². The first kappa shape index (κ1) is 17.8.